The molecule has 2 spiro atoms. The van der Waals surface area contributed by atoms with E-state index in [4.69, 9.17) is 33.4 Å². The molecule has 6 nitrogen and oxygen atoms in total. The van der Waals surface area contributed by atoms with Crippen LogP contribution >= 0.6 is 23.2 Å². The normalized spacial score (nSPS) is 23.6. The number of ketones is 2. The monoisotopic (exact) mass is 826 g/mol. The highest BCUT2D eigenvalue weighted by atomic mass is 35.5. The largest absolute Gasteiger partial charge is 0.291 e. The number of nitrogens with zero attached hydrogens (tertiary/aromatic N) is 4. The number of hydrazone groups is 2. The van der Waals surface area contributed by atoms with E-state index in [1.807, 2.05) is 94.9 Å². The highest BCUT2D eigenvalue weighted by Gasteiger charge is 2.64. The second-order valence-electron chi connectivity index (χ2n) is 16.8. The fourth-order valence-electron chi connectivity index (χ4n) is 10.4. The van der Waals surface area contributed by atoms with E-state index in [-0.39, 0.29) is 11.6 Å². The summed E-state index contributed by atoms with van der Waals surface area (Å²) in [4.78, 5) is 31.8. The van der Waals surface area contributed by atoms with Gasteiger partial charge in [-0.05, 0) is 123 Å². The van der Waals surface area contributed by atoms with E-state index < -0.39 is 22.9 Å². The molecule has 8 heteroatoms. The number of halogens is 2. The van der Waals surface area contributed by atoms with Crippen LogP contribution in [0.4, 0.5) is 11.4 Å². The molecule has 0 fully saturated rings. The number of aryl methyl sites for hydroxylation is 4. The van der Waals surface area contributed by atoms with Gasteiger partial charge in [-0.1, -0.05) is 131 Å². The molecule has 2 aliphatic heterocycles. The van der Waals surface area contributed by atoms with Crippen molar-refractivity contribution in [2.24, 2.45) is 10.2 Å². The Hall–Kier alpha value is -5.82. The Kier molecular flexibility index (Phi) is 9.61. The lowest BCUT2D eigenvalue weighted by Crippen LogP contribution is -2.56. The number of hydrogen-bond donors (Lipinski definition) is 0. The van der Waals surface area contributed by atoms with Gasteiger partial charge >= 0.3 is 0 Å². The number of hydrogen-bond acceptors (Lipinski definition) is 6. The number of benzene rings is 6. The summed E-state index contributed by atoms with van der Waals surface area (Å²) in [5, 5.41) is 16.6. The lowest BCUT2D eigenvalue weighted by atomic mass is 9.65. The highest BCUT2D eigenvalue weighted by molar-refractivity contribution is 6.50. The summed E-state index contributed by atoms with van der Waals surface area (Å²) in [6.45, 7) is 4.12. The third-order valence-electron chi connectivity index (χ3n) is 13.2. The van der Waals surface area contributed by atoms with Crippen LogP contribution in [0, 0.1) is 13.8 Å². The summed E-state index contributed by atoms with van der Waals surface area (Å²) in [6, 6.07) is 48.2. The first-order chi connectivity index (χ1) is 29.2. The summed E-state index contributed by atoms with van der Waals surface area (Å²) in [5.41, 5.74) is 8.09. The molecule has 0 aromatic heterocycles. The Morgan fingerprint density at radius 3 is 1.25 bits per heavy atom. The van der Waals surface area contributed by atoms with Crippen LogP contribution in [0.25, 0.3) is 0 Å². The molecule has 10 rings (SSSR count). The van der Waals surface area contributed by atoms with Gasteiger partial charge in [0.05, 0.1) is 34.6 Å². The van der Waals surface area contributed by atoms with Crippen LogP contribution in [-0.4, -0.2) is 34.1 Å². The van der Waals surface area contributed by atoms with Gasteiger partial charge in [-0.2, -0.15) is 10.2 Å². The second kappa shape index (κ2) is 15.0. The Labute approximate surface area is 361 Å². The molecule has 2 aliphatic carbocycles. The topological polar surface area (TPSA) is 65.3 Å². The molecule has 0 unspecified atom stereocenters. The van der Waals surface area contributed by atoms with Crippen LogP contribution in [0.2, 0.25) is 10.0 Å². The zero-order valence-electron chi connectivity index (χ0n) is 33.6. The standard InChI is InChI=1S/C52H44Cl2N4O2/c1-33-15-27-41(28-16-33)57-51(31-7-11-35-9-3-5-13-43(35)49(51)59)45(37-19-23-39(53)24-20-37)47(55-57)48-46(38-21-25-40(54)26-22-38)52(58(56-48)42-29-17-34(2)18-30-42)32-8-12-36-10-4-6-14-44(36)50(52)60/h3-6,9-10,13-30,45-46H,7-8,11-12,31-32H2,1-2H3/t45-,46+,51-,52+. The minimum absolute atomic E-state index is 0.0149. The van der Waals surface area contributed by atoms with Crippen molar-refractivity contribution in [2.45, 2.75) is 75.3 Å². The summed E-state index contributed by atoms with van der Waals surface area (Å²) < 4.78 is 0. The average Bonchev–Trinajstić information content (AvgIpc) is 3.68. The van der Waals surface area contributed by atoms with Gasteiger partial charge in [0, 0.05) is 21.2 Å². The SMILES string of the molecule is Cc1ccc(N2N=C(C3=NN(c4ccc(C)cc4)[C@@]4(CCCc5ccccc5C4=O)[C@H]3c3ccc(Cl)cc3)[C@@H](c3ccc(Cl)cc3)[C@@]23CCCc2ccccc2C3=O)cc1. The molecular weight excluding hydrogens is 784 g/mol. The van der Waals surface area contributed by atoms with Gasteiger partial charge < -0.3 is 0 Å². The summed E-state index contributed by atoms with van der Waals surface area (Å²) in [5.74, 6) is -1.15. The van der Waals surface area contributed by atoms with E-state index >= 15 is 9.59 Å². The lowest BCUT2D eigenvalue weighted by molar-refractivity contribution is 0.0865. The van der Waals surface area contributed by atoms with Gasteiger partial charge in [0.15, 0.2) is 11.6 Å². The van der Waals surface area contributed by atoms with Crippen molar-refractivity contribution < 1.29 is 9.59 Å². The first-order valence-electron chi connectivity index (χ1n) is 20.9. The van der Waals surface area contributed by atoms with E-state index in [1.54, 1.807) is 0 Å². The third-order valence-corrected chi connectivity index (χ3v) is 13.7. The van der Waals surface area contributed by atoms with E-state index in [2.05, 4.69) is 74.5 Å². The van der Waals surface area contributed by atoms with Crippen molar-refractivity contribution in [3.05, 3.63) is 200 Å². The molecule has 0 saturated carbocycles. The van der Waals surface area contributed by atoms with Crippen molar-refractivity contribution in [2.75, 3.05) is 10.0 Å². The van der Waals surface area contributed by atoms with Crippen LogP contribution < -0.4 is 10.0 Å². The maximum atomic E-state index is 15.9. The van der Waals surface area contributed by atoms with Gasteiger partial charge in [0.1, 0.15) is 11.1 Å². The molecule has 0 bridgehead atoms. The minimum atomic E-state index is -1.18. The van der Waals surface area contributed by atoms with Gasteiger partial charge in [-0.15, -0.1) is 0 Å². The Bertz CT molecular complexity index is 2520. The predicted molar refractivity (Wildman–Crippen MR) is 243 cm³/mol. The van der Waals surface area contributed by atoms with Crippen LogP contribution in [0.1, 0.15) is 91.6 Å². The van der Waals surface area contributed by atoms with Crippen molar-refractivity contribution in [3.63, 3.8) is 0 Å². The molecular formula is C52H44Cl2N4O2. The number of fused-ring (bicyclic) bond motifs is 2. The number of anilines is 2. The number of rotatable bonds is 5. The third kappa shape index (κ3) is 6.06. The van der Waals surface area contributed by atoms with Crippen LogP contribution in [-0.2, 0) is 12.8 Å². The molecule has 6 aromatic carbocycles. The van der Waals surface area contributed by atoms with Gasteiger partial charge in [0.25, 0.3) is 0 Å². The fourth-order valence-corrected chi connectivity index (χ4v) is 10.6. The van der Waals surface area contributed by atoms with Crippen molar-refractivity contribution >= 4 is 57.6 Å². The molecule has 0 N–H and O–H groups in total. The molecule has 0 amide bonds. The van der Waals surface area contributed by atoms with Crippen LogP contribution in [0.15, 0.2) is 156 Å². The quantitative estimate of drug-likeness (QED) is 0.174. The first-order valence-corrected chi connectivity index (χ1v) is 21.6. The van der Waals surface area contributed by atoms with Crippen LogP contribution in [0.3, 0.4) is 0 Å². The molecule has 4 aliphatic rings. The smallest absolute Gasteiger partial charge is 0.191 e. The number of carbonyl (C=O) groups is 2. The maximum absolute atomic E-state index is 15.9. The lowest BCUT2D eigenvalue weighted by Gasteiger charge is -2.41. The van der Waals surface area contributed by atoms with Crippen molar-refractivity contribution in [1.82, 2.24) is 0 Å². The zero-order chi connectivity index (χ0) is 41.2. The van der Waals surface area contributed by atoms with Crippen molar-refractivity contribution in [1.29, 1.82) is 0 Å². The van der Waals surface area contributed by atoms with Gasteiger partial charge in [-0.3, -0.25) is 19.6 Å². The Morgan fingerprint density at radius 1 is 0.500 bits per heavy atom. The fraction of sp³-hybridized carbons (Fsp3) is 0.231. The van der Waals surface area contributed by atoms with E-state index in [1.165, 1.54) is 0 Å². The molecule has 0 saturated heterocycles. The average molecular weight is 828 g/mol. The highest BCUT2D eigenvalue weighted by Crippen LogP contribution is 2.55. The van der Waals surface area contributed by atoms with E-state index in [9.17, 15) is 0 Å². The van der Waals surface area contributed by atoms with E-state index in [0.29, 0.717) is 45.4 Å². The van der Waals surface area contributed by atoms with E-state index in [0.717, 1.165) is 70.4 Å². The Morgan fingerprint density at radius 2 is 0.867 bits per heavy atom. The Balaban J connectivity index is 1.29. The van der Waals surface area contributed by atoms with Gasteiger partial charge in [0.2, 0.25) is 0 Å². The summed E-state index contributed by atoms with van der Waals surface area (Å²) in [7, 11) is 0. The molecule has 6 aromatic rings. The molecule has 2 heterocycles. The molecule has 60 heavy (non-hydrogen) atoms. The molecule has 4 atom stereocenters. The summed E-state index contributed by atoms with van der Waals surface area (Å²) >= 11 is 13.2. The van der Waals surface area contributed by atoms with Crippen molar-refractivity contribution in [3.8, 4) is 0 Å². The minimum Gasteiger partial charge on any atom is -0.291 e. The maximum Gasteiger partial charge on any atom is 0.191 e. The first kappa shape index (κ1) is 38.4. The molecule has 298 valence electrons. The molecule has 0 radical (unpaired) electrons. The van der Waals surface area contributed by atoms with Crippen LogP contribution in [0.5, 0.6) is 0 Å². The number of Topliss-reactive ketones (excluding diaryl/α,β-unsaturated/α-hetero) is 2. The predicted octanol–water partition coefficient (Wildman–Crippen LogP) is 12.1. The van der Waals surface area contributed by atoms with Gasteiger partial charge in [-0.25, -0.2) is 0 Å². The number of carbonyl (C=O) groups excluding carboxylic acids is 2. The second-order valence-corrected chi connectivity index (χ2v) is 17.6. The zero-order valence-corrected chi connectivity index (χ0v) is 35.1. The summed E-state index contributed by atoms with van der Waals surface area (Å²) in [6.07, 6.45) is 4.13.